The molecule has 0 saturated heterocycles. The molecule has 0 radical (unpaired) electrons. The van der Waals surface area contributed by atoms with E-state index in [1.807, 2.05) is 23.1 Å². The van der Waals surface area contributed by atoms with Crippen LogP contribution in [0.3, 0.4) is 0 Å². The number of rotatable bonds is 5. The van der Waals surface area contributed by atoms with Crippen molar-refractivity contribution in [2.45, 2.75) is 19.5 Å². The number of anilines is 2. The van der Waals surface area contributed by atoms with E-state index in [0.29, 0.717) is 31.2 Å². The van der Waals surface area contributed by atoms with E-state index >= 15 is 0 Å². The summed E-state index contributed by atoms with van der Waals surface area (Å²) in [5, 5.41) is 14.7. The minimum atomic E-state index is -0.430. The fourth-order valence-corrected chi connectivity index (χ4v) is 3.16. The monoisotopic (exact) mass is 351 g/mol. The van der Waals surface area contributed by atoms with Crippen molar-refractivity contribution in [1.82, 2.24) is 9.97 Å². The molecular formula is C18H17N5O3. The summed E-state index contributed by atoms with van der Waals surface area (Å²) in [7, 11) is 0. The summed E-state index contributed by atoms with van der Waals surface area (Å²) in [5.74, 6) is 1.20. The van der Waals surface area contributed by atoms with Crippen molar-refractivity contribution in [2.75, 3.05) is 16.8 Å². The molecule has 1 aromatic carbocycles. The molecule has 2 aromatic heterocycles. The van der Waals surface area contributed by atoms with Crippen LogP contribution in [-0.2, 0) is 19.5 Å². The zero-order valence-electron chi connectivity index (χ0n) is 14.0. The number of hydrogen-bond donors (Lipinski definition) is 1. The molecule has 0 aliphatic carbocycles. The van der Waals surface area contributed by atoms with Gasteiger partial charge in [-0.1, -0.05) is 24.3 Å². The van der Waals surface area contributed by atoms with Crippen molar-refractivity contribution in [1.29, 1.82) is 0 Å². The van der Waals surface area contributed by atoms with Crippen LogP contribution in [0.15, 0.2) is 53.4 Å². The first-order valence-electron chi connectivity index (χ1n) is 8.30. The van der Waals surface area contributed by atoms with Crippen molar-refractivity contribution in [2.24, 2.45) is 0 Å². The van der Waals surface area contributed by atoms with Gasteiger partial charge in [0.25, 0.3) is 0 Å². The Balaban J connectivity index is 1.64. The number of nitrogens with zero attached hydrogens (tertiary/aromatic N) is 4. The number of hydrogen-bond acceptors (Lipinski definition) is 7. The predicted molar refractivity (Wildman–Crippen MR) is 95.9 cm³/mol. The van der Waals surface area contributed by atoms with Gasteiger partial charge < -0.3 is 14.6 Å². The van der Waals surface area contributed by atoms with Crippen molar-refractivity contribution in [3.63, 3.8) is 0 Å². The van der Waals surface area contributed by atoms with Crippen molar-refractivity contribution < 1.29 is 9.34 Å². The molecular weight excluding hydrogens is 334 g/mol. The SMILES string of the molecule is O=[N+]([O-])c1c(NCc2ccco2)ncnc1N1CCc2ccccc2C1. The van der Waals surface area contributed by atoms with Crippen LogP contribution in [0.5, 0.6) is 0 Å². The van der Waals surface area contributed by atoms with Gasteiger partial charge in [-0.15, -0.1) is 0 Å². The smallest absolute Gasteiger partial charge is 0.353 e. The molecule has 0 spiro atoms. The zero-order chi connectivity index (χ0) is 17.9. The molecule has 1 aliphatic rings. The summed E-state index contributed by atoms with van der Waals surface area (Å²) in [6, 6.07) is 11.7. The van der Waals surface area contributed by atoms with Gasteiger partial charge in [-0.05, 0) is 29.7 Å². The van der Waals surface area contributed by atoms with Gasteiger partial charge in [0.05, 0.1) is 17.7 Å². The van der Waals surface area contributed by atoms with Gasteiger partial charge in [0.15, 0.2) is 0 Å². The van der Waals surface area contributed by atoms with Crippen LogP contribution in [0.4, 0.5) is 17.3 Å². The van der Waals surface area contributed by atoms with Gasteiger partial charge in [0.2, 0.25) is 11.6 Å². The Hall–Kier alpha value is -3.42. The molecule has 132 valence electrons. The predicted octanol–water partition coefficient (Wildman–Crippen LogP) is 3.15. The van der Waals surface area contributed by atoms with Crippen molar-refractivity contribution in [3.8, 4) is 0 Å². The molecule has 3 aromatic rings. The Labute approximate surface area is 149 Å². The van der Waals surface area contributed by atoms with E-state index in [9.17, 15) is 10.1 Å². The average Bonchev–Trinajstić information content (AvgIpc) is 3.19. The first kappa shape index (κ1) is 16.1. The minimum absolute atomic E-state index is 0.113. The largest absolute Gasteiger partial charge is 0.467 e. The van der Waals surface area contributed by atoms with E-state index in [1.54, 1.807) is 18.4 Å². The number of nitrogens with one attached hydrogen (secondary N) is 1. The van der Waals surface area contributed by atoms with E-state index in [4.69, 9.17) is 4.42 Å². The second-order valence-corrected chi connectivity index (χ2v) is 6.02. The molecule has 8 heteroatoms. The maximum absolute atomic E-state index is 11.7. The third-order valence-electron chi connectivity index (χ3n) is 4.43. The Morgan fingerprint density at radius 2 is 2.04 bits per heavy atom. The fourth-order valence-electron chi connectivity index (χ4n) is 3.16. The Bertz CT molecular complexity index is 926. The van der Waals surface area contributed by atoms with Crippen LogP contribution in [0.1, 0.15) is 16.9 Å². The second kappa shape index (κ2) is 6.83. The van der Waals surface area contributed by atoms with Gasteiger partial charge in [-0.2, -0.15) is 0 Å². The van der Waals surface area contributed by atoms with Crippen molar-refractivity contribution >= 4 is 17.3 Å². The Kier molecular flexibility index (Phi) is 4.22. The summed E-state index contributed by atoms with van der Waals surface area (Å²) >= 11 is 0. The molecule has 8 nitrogen and oxygen atoms in total. The van der Waals surface area contributed by atoms with E-state index in [2.05, 4.69) is 21.4 Å². The molecule has 0 unspecified atom stereocenters. The van der Waals surface area contributed by atoms with Crippen LogP contribution < -0.4 is 10.2 Å². The quantitative estimate of drug-likeness (QED) is 0.557. The van der Waals surface area contributed by atoms with Gasteiger partial charge in [0, 0.05) is 13.1 Å². The lowest BCUT2D eigenvalue weighted by molar-refractivity contribution is -0.383. The average molecular weight is 351 g/mol. The summed E-state index contributed by atoms with van der Waals surface area (Å²) in [4.78, 5) is 21.5. The molecule has 0 amide bonds. The highest BCUT2D eigenvalue weighted by Gasteiger charge is 2.29. The number of aromatic nitrogens is 2. The standard InChI is InChI=1S/C18H17N5O3/c24-23(25)16-17(19-10-15-6-3-9-26-15)20-12-21-18(16)22-8-7-13-4-1-2-5-14(13)11-22/h1-6,9,12H,7-8,10-11H2,(H,19,20,21). The lowest BCUT2D eigenvalue weighted by Crippen LogP contribution is -2.31. The lowest BCUT2D eigenvalue weighted by Gasteiger charge is -2.29. The van der Waals surface area contributed by atoms with Crippen LogP contribution in [0.2, 0.25) is 0 Å². The van der Waals surface area contributed by atoms with Crippen LogP contribution in [0, 0.1) is 10.1 Å². The Morgan fingerprint density at radius 1 is 1.19 bits per heavy atom. The topological polar surface area (TPSA) is 97.3 Å². The van der Waals surface area contributed by atoms with Gasteiger partial charge in [0.1, 0.15) is 12.1 Å². The second-order valence-electron chi connectivity index (χ2n) is 6.02. The van der Waals surface area contributed by atoms with Gasteiger partial charge >= 0.3 is 5.69 Å². The summed E-state index contributed by atoms with van der Waals surface area (Å²) in [5.41, 5.74) is 2.33. The number of fused-ring (bicyclic) bond motifs is 1. The summed E-state index contributed by atoms with van der Waals surface area (Å²) in [6.45, 7) is 1.57. The molecule has 1 N–H and O–H groups in total. The van der Waals surface area contributed by atoms with E-state index in [0.717, 1.165) is 12.0 Å². The fraction of sp³-hybridized carbons (Fsp3) is 0.222. The maximum atomic E-state index is 11.7. The molecule has 26 heavy (non-hydrogen) atoms. The summed E-state index contributed by atoms with van der Waals surface area (Å²) < 4.78 is 5.26. The third kappa shape index (κ3) is 3.08. The molecule has 0 atom stereocenters. The molecule has 0 fully saturated rings. The van der Waals surface area contributed by atoms with Gasteiger partial charge in [-0.25, -0.2) is 9.97 Å². The van der Waals surface area contributed by atoms with E-state index in [-0.39, 0.29) is 11.5 Å². The highest BCUT2D eigenvalue weighted by Crippen LogP contribution is 2.34. The number of furan rings is 1. The first-order valence-corrected chi connectivity index (χ1v) is 8.30. The minimum Gasteiger partial charge on any atom is -0.467 e. The molecule has 0 saturated carbocycles. The van der Waals surface area contributed by atoms with E-state index in [1.165, 1.54) is 11.9 Å². The Morgan fingerprint density at radius 3 is 2.81 bits per heavy atom. The van der Waals surface area contributed by atoms with E-state index < -0.39 is 4.92 Å². The third-order valence-corrected chi connectivity index (χ3v) is 4.43. The molecule has 1 aliphatic heterocycles. The molecule has 0 bridgehead atoms. The zero-order valence-corrected chi connectivity index (χ0v) is 14.0. The maximum Gasteiger partial charge on any atom is 0.353 e. The molecule has 4 rings (SSSR count). The highest BCUT2D eigenvalue weighted by molar-refractivity contribution is 5.70. The van der Waals surface area contributed by atoms with Crippen LogP contribution >= 0.6 is 0 Å². The highest BCUT2D eigenvalue weighted by atomic mass is 16.6. The summed E-state index contributed by atoms with van der Waals surface area (Å²) in [6.07, 6.45) is 3.74. The first-order chi connectivity index (χ1) is 12.7. The molecule has 3 heterocycles. The number of nitro groups is 1. The van der Waals surface area contributed by atoms with Crippen LogP contribution in [-0.4, -0.2) is 21.4 Å². The van der Waals surface area contributed by atoms with Crippen molar-refractivity contribution in [3.05, 3.63) is 76.0 Å². The van der Waals surface area contributed by atoms with Gasteiger partial charge in [-0.3, -0.25) is 10.1 Å². The number of benzene rings is 1. The normalized spacial score (nSPS) is 13.3. The van der Waals surface area contributed by atoms with Crippen LogP contribution in [0.25, 0.3) is 0 Å². The lowest BCUT2D eigenvalue weighted by atomic mass is 10.00.